The Morgan fingerprint density at radius 2 is 1.57 bits per heavy atom. The number of ether oxygens (including phenoxy) is 2. The molecule has 2 saturated carbocycles. The number of esters is 1. The molecule has 1 N–H and O–H groups in total. The summed E-state index contributed by atoms with van der Waals surface area (Å²) in [4.78, 5) is 10.9. The summed E-state index contributed by atoms with van der Waals surface area (Å²) in [5, 5.41) is 9.40. The van der Waals surface area contributed by atoms with Crippen molar-refractivity contribution in [3.8, 4) is 0 Å². The quantitative estimate of drug-likeness (QED) is 0.266. The summed E-state index contributed by atoms with van der Waals surface area (Å²) in [7, 11) is 0. The number of fused-ring (bicyclic) bond motifs is 2. The Morgan fingerprint density at radius 1 is 1.00 bits per heavy atom. The van der Waals surface area contributed by atoms with Crippen LogP contribution in [0.3, 0.4) is 0 Å². The van der Waals surface area contributed by atoms with Crippen LogP contribution < -0.4 is 0 Å². The van der Waals surface area contributed by atoms with E-state index in [1.54, 1.807) is 0 Å². The standard InChI is InChI=1S/C18H24F6O4/c1-2-15(25)28-5-3-4-27-10-14-8-11-6-12(14)7-13(11)9-16(26,17(19,20)21)18(22,23)24/h2,11-14,26H,1,3-10H2. The van der Waals surface area contributed by atoms with Crippen LogP contribution >= 0.6 is 0 Å². The van der Waals surface area contributed by atoms with E-state index in [-0.39, 0.29) is 30.8 Å². The van der Waals surface area contributed by atoms with E-state index in [0.29, 0.717) is 32.5 Å². The van der Waals surface area contributed by atoms with Crippen molar-refractivity contribution in [3.63, 3.8) is 0 Å². The zero-order valence-electron chi connectivity index (χ0n) is 15.2. The maximum Gasteiger partial charge on any atom is 0.426 e. The molecule has 0 amide bonds. The van der Waals surface area contributed by atoms with Crippen LogP contribution in [0, 0.1) is 23.7 Å². The van der Waals surface area contributed by atoms with Crippen molar-refractivity contribution < 1.29 is 45.7 Å². The molecule has 0 radical (unpaired) electrons. The van der Waals surface area contributed by atoms with E-state index < -0.39 is 36.3 Å². The predicted octanol–water partition coefficient (Wildman–Crippen LogP) is 4.03. The average molecular weight is 418 g/mol. The number of aliphatic hydroxyl groups is 1. The van der Waals surface area contributed by atoms with Crippen molar-refractivity contribution in [2.45, 2.75) is 50.1 Å². The Hall–Kier alpha value is -1.29. The highest BCUT2D eigenvalue weighted by Gasteiger charge is 2.71. The highest BCUT2D eigenvalue weighted by atomic mass is 19.4. The lowest BCUT2D eigenvalue weighted by molar-refractivity contribution is -0.373. The largest absolute Gasteiger partial charge is 0.462 e. The Balaban J connectivity index is 1.77. The van der Waals surface area contributed by atoms with Gasteiger partial charge in [0.25, 0.3) is 5.60 Å². The molecule has 2 aliphatic carbocycles. The molecule has 2 bridgehead atoms. The van der Waals surface area contributed by atoms with Gasteiger partial charge in [-0.3, -0.25) is 0 Å². The predicted molar refractivity (Wildman–Crippen MR) is 86.1 cm³/mol. The normalized spacial score (nSPS) is 27.8. The zero-order valence-corrected chi connectivity index (χ0v) is 15.2. The lowest BCUT2D eigenvalue weighted by atomic mass is 9.76. The highest BCUT2D eigenvalue weighted by molar-refractivity contribution is 5.81. The average Bonchev–Trinajstić information content (AvgIpc) is 3.15. The molecule has 2 fully saturated rings. The van der Waals surface area contributed by atoms with Gasteiger partial charge in [0.05, 0.1) is 6.61 Å². The number of alkyl halides is 6. The van der Waals surface area contributed by atoms with Crippen molar-refractivity contribution in [2.24, 2.45) is 23.7 Å². The second-order valence-corrected chi connectivity index (χ2v) is 7.61. The fraction of sp³-hybridized carbons (Fsp3) is 0.833. The van der Waals surface area contributed by atoms with E-state index in [1.807, 2.05) is 0 Å². The minimum Gasteiger partial charge on any atom is -0.462 e. The van der Waals surface area contributed by atoms with E-state index in [1.165, 1.54) is 0 Å². The molecule has 0 spiro atoms. The summed E-state index contributed by atoms with van der Waals surface area (Å²) in [6.45, 7) is 4.14. The van der Waals surface area contributed by atoms with Crippen molar-refractivity contribution in [1.29, 1.82) is 0 Å². The van der Waals surface area contributed by atoms with Gasteiger partial charge in [0.2, 0.25) is 0 Å². The van der Waals surface area contributed by atoms with Crippen LogP contribution in [0.4, 0.5) is 26.3 Å². The molecule has 28 heavy (non-hydrogen) atoms. The first-order valence-corrected chi connectivity index (χ1v) is 9.11. The van der Waals surface area contributed by atoms with Gasteiger partial charge in [-0.25, -0.2) is 4.79 Å². The van der Waals surface area contributed by atoms with Crippen LogP contribution in [-0.2, 0) is 14.3 Å². The maximum atomic E-state index is 12.9. The Kier molecular flexibility index (Phi) is 7.07. The first kappa shape index (κ1) is 23.0. The van der Waals surface area contributed by atoms with Gasteiger partial charge in [-0.05, 0) is 49.4 Å². The van der Waals surface area contributed by atoms with Gasteiger partial charge in [0.1, 0.15) is 0 Å². The summed E-state index contributed by atoms with van der Waals surface area (Å²) >= 11 is 0. The molecule has 0 aromatic carbocycles. The minimum atomic E-state index is -5.76. The van der Waals surface area contributed by atoms with Crippen LogP contribution in [0.15, 0.2) is 12.7 Å². The van der Waals surface area contributed by atoms with E-state index in [4.69, 9.17) is 9.47 Å². The number of halogens is 6. The van der Waals surface area contributed by atoms with E-state index in [2.05, 4.69) is 6.58 Å². The molecule has 2 rings (SSSR count). The number of carbonyl (C=O) groups is 1. The van der Waals surface area contributed by atoms with Crippen molar-refractivity contribution in [3.05, 3.63) is 12.7 Å². The molecule has 0 aromatic rings. The van der Waals surface area contributed by atoms with Gasteiger partial charge in [0.15, 0.2) is 0 Å². The molecular weight excluding hydrogens is 394 g/mol. The van der Waals surface area contributed by atoms with Gasteiger partial charge < -0.3 is 14.6 Å². The van der Waals surface area contributed by atoms with Crippen LogP contribution in [0.2, 0.25) is 0 Å². The molecule has 10 heteroatoms. The summed E-state index contributed by atoms with van der Waals surface area (Å²) in [5.74, 6) is -1.53. The third kappa shape index (κ3) is 5.00. The molecular formula is C18H24F6O4. The summed E-state index contributed by atoms with van der Waals surface area (Å²) in [6.07, 6.45) is -10.1. The summed E-state index contributed by atoms with van der Waals surface area (Å²) < 4.78 is 87.6. The fourth-order valence-electron chi connectivity index (χ4n) is 4.37. The number of carbonyl (C=O) groups excluding carboxylic acids is 1. The summed E-state index contributed by atoms with van der Waals surface area (Å²) in [6, 6.07) is 0. The number of rotatable bonds is 9. The van der Waals surface area contributed by atoms with Crippen molar-refractivity contribution >= 4 is 5.97 Å². The topological polar surface area (TPSA) is 55.8 Å². The third-order valence-electron chi connectivity index (χ3n) is 5.82. The van der Waals surface area contributed by atoms with Crippen LogP contribution in [-0.4, -0.2) is 48.9 Å². The second-order valence-electron chi connectivity index (χ2n) is 7.61. The number of hydrogen-bond donors (Lipinski definition) is 1. The Bertz CT molecular complexity index is 545. The van der Waals surface area contributed by atoms with Crippen molar-refractivity contribution in [1.82, 2.24) is 0 Å². The third-order valence-corrected chi connectivity index (χ3v) is 5.82. The molecule has 0 heterocycles. The molecule has 162 valence electrons. The van der Waals surface area contributed by atoms with E-state index >= 15 is 0 Å². The smallest absolute Gasteiger partial charge is 0.426 e. The molecule has 4 atom stereocenters. The lowest BCUT2D eigenvalue weighted by Gasteiger charge is -2.37. The molecule has 4 unspecified atom stereocenters. The highest BCUT2D eigenvalue weighted by Crippen LogP contribution is 2.57. The fourth-order valence-corrected chi connectivity index (χ4v) is 4.37. The van der Waals surface area contributed by atoms with Gasteiger partial charge in [-0.15, -0.1) is 0 Å². The second kappa shape index (κ2) is 8.61. The minimum absolute atomic E-state index is 0.000638. The van der Waals surface area contributed by atoms with Crippen LogP contribution in [0.25, 0.3) is 0 Å². The van der Waals surface area contributed by atoms with E-state index in [0.717, 1.165) is 6.08 Å². The number of hydrogen-bond acceptors (Lipinski definition) is 4. The molecule has 0 aromatic heterocycles. The molecule has 4 nitrogen and oxygen atoms in total. The van der Waals surface area contributed by atoms with Crippen LogP contribution in [0.5, 0.6) is 0 Å². The SMILES string of the molecule is C=CC(=O)OCCCOCC1CC2CC1CC2CC(O)(C(F)(F)F)C(F)(F)F. The van der Waals surface area contributed by atoms with Gasteiger partial charge in [-0.1, -0.05) is 6.58 Å². The van der Waals surface area contributed by atoms with Gasteiger partial charge in [-0.2, -0.15) is 26.3 Å². The lowest BCUT2D eigenvalue weighted by Crippen LogP contribution is -2.58. The Morgan fingerprint density at radius 3 is 2.07 bits per heavy atom. The van der Waals surface area contributed by atoms with Gasteiger partial charge in [0, 0.05) is 25.7 Å². The molecule has 0 saturated heterocycles. The van der Waals surface area contributed by atoms with Crippen molar-refractivity contribution in [2.75, 3.05) is 19.8 Å². The zero-order chi connectivity index (χ0) is 21.2. The maximum absolute atomic E-state index is 12.9. The Labute approximate surface area is 158 Å². The summed E-state index contributed by atoms with van der Waals surface area (Å²) in [5.41, 5.74) is -4.66. The molecule has 0 aliphatic heterocycles. The van der Waals surface area contributed by atoms with Gasteiger partial charge >= 0.3 is 18.3 Å². The molecule has 2 aliphatic rings. The van der Waals surface area contributed by atoms with E-state index in [9.17, 15) is 36.2 Å². The monoisotopic (exact) mass is 418 g/mol. The van der Waals surface area contributed by atoms with Crippen LogP contribution in [0.1, 0.15) is 32.1 Å². The first-order valence-electron chi connectivity index (χ1n) is 9.11. The first-order chi connectivity index (χ1) is 12.9.